The zero-order valence-electron chi connectivity index (χ0n) is 9.51. The largest absolute Gasteiger partial charge is 0.461 e. The number of aromatic nitrogens is 1. The lowest BCUT2D eigenvalue weighted by Crippen LogP contribution is -2.23. The number of hydrogen-bond acceptors (Lipinski definition) is 4. The first-order chi connectivity index (χ1) is 7.60. The second kappa shape index (κ2) is 5.67. The van der Waals surface area contributed by atoms with Gasteiger partial charge in [0.25, 0.3) is 0 Å². The standard InChI is InChI=1S/C11H17NO4/c1-3-16-11(15)10-8(2)4-5-12(10)6-9(14)7-13/h4-5,9,13-14H,3,6-7H2,1-2H3. The summed E-state index contributed by atoms with van der Waals surface area (Å²) in [6.45, 7) is 3.70. The highest BCUT2D eigenvalue weighted by atomic mass is 16.5. The van der Waals surface area contributed by atoms with Crippen LogP contribution in [0.4, 0.5) is 0 Å². The van der Waals surface area contributed by atoms with E-state index in [0.29, 0.717) is 12.3 Å². The highest BCUT2D eigenvalue weighted by Crippen LogP contribution is 2.12. The molecule has 0 aliphatic rings. The van der Waals surface area contributed by atoms with Gasteiger partial charge in [-0.25, -0.2) is 4.79 Å². The summed E-state index contributed by atoms with van der Waals surface area (Å²) in [6, 6.07) is 1.77. The first-order valence-electron chi connectivity index (χ1n) is 5.21. The van der Waals surface area contributed by atoms with Crippen molar-refractivity contribution in [3.05, 3.63) is 23.5 Å². The average molecular weight is 227 g/mol. The van der Waals surface area contributed by atoms with Crippen LogP contribution in [0.2, 0.25) is 0 Å². The molecule has 0 amide bonds. The zero-order chi connectivity index (χ0) is 12.1. The minimum absolute atomic E-state index is 0.179. The van der Waals surface area contributed by atoms with E-state index in [-0.39, 0.29) is 13.2 Å². The van der Waals surface area contributed by atoms with E-state index in [2.05, 4.69) is 0 Å². The molecule has 0 saturated carbocycles. The molecule has 0 radical (unpaired) electrons. The van der Waals surface area contributed by atoms with Gasteiger partial charge in [0.2, 0.25) is 0 Å². The van der Waals surface area contributed by atoms with Crippen LogP contribution < -0.4 is 0 Å². The summed E-state index contributed by atoms with van der Waals surface area (Å²) < 4.78 is 6.51. The molecular formula is C11H17NO4. The van der Waals surface area contributed by atoms with Crippen molar-refractivity contribution >= 4 is 5.97 Å². The highest BCUT2D eigenvalue weighted by molar-refractivity contribution is 5.89. The van der Waals surface area contributed by atoms with E-state index in [1.807, 2.05) is 0 Å². The number of aliphatic hydroxyl groups is 2. The maximum absolute atomic E-state index is 11.6. The first kappa shape index (κ1) is 12.7. The average Bonchev–Trinajstić information content (AvgIpc) is 2.60. The minimum Gasteiger partial charge on any atom is -0.461 e. The van der Waals surface area contributed by atoms with Crippen molar-refractivity contribution in [2.24, 2.45) is 0 Å². The molecule has 0 bridgehead atoms. The van der Waals surface area contributed by atoms with E-state index in [1.54, 1.807) is 30.7 Å². The lowest BCUT2D eigenvalue weighted by molar-refractivity contribution is 0.0497. The molecule has 0 aromatic carbocycles. The van der Waals surface area contributed by atoms with Crippen molar-refractivity contribution in [1.82, 2.24) is 4.57 Å². The van der Waals surface area contributed by atoms with Crippen LogP contribution in [0.15, 0.2) is 12.3 Å². The Balaban J connectivity index is 2.89. The molecule has 1 aromatic heterocycles. The SMILES string of the molecule is CCOC(=O)c1c(C)ccn1CC(O)CO. The lowest BCUT2D eigenvalue weighted by atomic mass is 10.2. The molecule has 90 valence electrons. The van der Waals surface area contributed by atoms with Gasteiger partial charge in [-0.15, -0.1) is 0 Å². The van der Waals surface area contributed by atoms with Gasteiger partial charge >= 0.3 is 5.97 Å². The lowest BCUT2D eigenvalue weighted by Gasteiger charge is -2.12. The third-order valence-electron chi connectivity index (χ3n) is 2.25. The fourth-order valence-corrected chi connectivity index (χ4v) is 1.50. The van der Waals surface area contributed by atoms with Crippen LogP contribution in [-0.2, 0) is 11.3 Å². The fourth-order valence-electron chi connectivity index (χ4n) is 1.50. The second-order valence-corrected chi connectivity index (χ2v) is 3.56. The van der Waals surface area contributed by atoms with Crippen LogP contribution in [0, 0.1) is 6.92 Å². The number of ether oxygens (including phenoxy) is 1. The van der Waals surface area contributed by atoms with Crippen LogP contribution >= 0.6 is 0 Å². The molecule has 2 N–H and O–H groups in total. The number of aryl methyl sites for hydroxylation is 1. The van der Waals surface area contributed by atoms with Gasteiger partial charge in [0.1, 0.15) is 5.69 Å². The smallest absolute Gasteiger partial charge is 0.355 e. The number of esters is 1. The van der Waals surface area contributed by atoms with E-state index >= 15 is 0 Å². The molecule has 1 rings (SSSR count). The first-order valence-corrected chi connectivity index (χ1v) is 5.21. The summed E-state index contributed by atoms with van der Waals surface area (Å²) in [5.41, 5.74) is 1.22. The molecule has 1 heterocycles. The Morgan fingerprint density at radius 2 is 2.31 bits per heavy atom. The third kappa shape index (κ3) is 2.84. The second-order valence-electron chi connectivity index (χ2n) is 3.56. The van der Waals surface area contributed by atoms with E-state index in [1.165, 1.54) is 0 Å². The minimum atomic E-state index is -0.875. The van der Waals surface area contributed by atoms with Crippen LogP contribution in [0.5, 0.6) is 0 Å². The summed E-state index contributed by atoms with van der Waals surface area (Å²) in [4.78, 5) is 11.6. The Hall–Kier alpha value is -1.33. The summed E-state index contributed by atoms with van der Waals surface area (Å²) >= 11 is 0. The summed E-state index contributed by atoms with van der Waals surface area (Å²) in [5, 5.41) is 18.1. The fraction of sp³-hybridized carbons (Fsp3) is 0.545. The van der Waals surface area contributed by atoms with Crippen LogP contribution in [0.3, 0.4) is 0 Å². The number of rotatable bonds is 5. The van der Waals surface area contributed by atoms with Gasteiger partial charge in [0, 0.05) is 6.20 Å². The number of aliphatic hydroxyl groups excluding tert-OH is 2. The molecule has 0 saturated heterocycles. The number of carbonyl (C=O) groups excluding carboxylic acids is 1. The van der Waals surface area contributed by atoms with Gasteiger partial charge in [0.05, 0.1) is 25.9 Å². The number of hydrogen-bond donors (Lipinski definition) is 2. The van der Waals surface area contributed by atoms with Crippen LogP contribution in [0.1, 0.15) is 23.0 Å². The molecule has 0 aliphatic heterocycles. The Bertz CT molecular complexity index is 359. The molecule has 1 unspecified atom stereocenters. The molecule has 1 atom stereocenters. The van der Waals surface area contributed by atoms with Gasteiger partial charge in [-0.2, -0.15) is 0 Å². The zero-order valence-corrected chi connectivity index (χ0v) is 9.51. The maximum Gasteiger partial charge on any atom is 0.355 e. The van der Waals surface area contributed by atoms with Gasteiger partial charge in [-0.1, -0.05) is 0 Å². The van der Waals surface area contributed by atoms with Gasteiger partial charge in [-0.05, 0) is 25.5 Å². The van der Waals surface area contributed by atoms with Crippen molar-refractivity contribution in [2.75, 3.05) is 13.2 Å². The molecule has 16 heavy (non-hydrogen) atoms. The number of carbonyl (C=O) groups is 1. The summed E-state index contributed by atoms with van der Waals surface area (Å²) in [7, 11) is 0. The Labute approximate surface area is 94.3 Å². The summed E-state index contributed by atoms with van der Waals surface area (Å²) in [5.74, 6) is -0.407. The molecule has 0 spiro atoms. The van der Waals surface area contributed by atoms with E-state index in [0.717, 1.165) is 5.56 Å². The molecule has 5 heteroatoms. The van der Waals surface area contributed by atoms with Gasteiger partial charge in [-0.3, -0.25) is 0 Å². The van der Waals surface area contributed by atoms with E-state index < -0.39 is 12.1 Å². The van der Waals surface area contributed by atoms with Crippen molar-refractivity contribution in [1.29, 1.82) is 0 Å². The normalized spacial score (nSPS) is 12.5. The van der Waals surface area contributed by atoms with Crippen LogP contribution in [-0.4, -0.2) is 40.1 Å². The Morgan fingerprint density at radius 3 is 2.88 bits per heavy atom. The Kier molecular flexibility index (Phi) is 4.52. The van der Waals surface area contributed by atoms with Crippen LogP contribution in [0.25, 0.3) is 0 Å². The van der Waals surface area contributed by atoms with Crippen molar-refractivity contribution in [2.45, 2.75) is 26.5 Å². The molecule has 5 nitrogen and oxygen atoms in total. The predicted octanol–water partition coefficient (Wildman–Crippen LogP) is 0.326. The molecular weight excluding hydrogens is 210 g/mol. The van der Waals surface area contributed by atoms with Gasteiger partial charge in [0.15, 0.2) is 0 Å². The van der Waals surface area contributed by atoms with E-state index in [4.69, 9.17) is 9.84 Å². The quantitative estimate of drug-likeness (QED) is 0.711. The maximum atomic E-state index is 11.6. The summed E-state index contributed by atoms with van der Waals surface area (Å²) in [6.07, 6.45) is 0.820. The number of nitrogens with zero attached hydrogens (tertiary/aromatic N) is 1. The monoisotopic (exact) mass is 227 g/mol. The molecule has 0 fully saturated rings. The van der Waals surface area contributed by atoms with Crippen molar-refractivity contribution in [3.63, 3.8) is 0 Å². The topological polar surface area (TPSA) is 71.7 Å². The molecule has 1 aromatic rings. The predicted molar refractivity (Wildman–Crippen MR) is 58.2 cm³/mol. The van der Waals surface area contributed by atoms with E-state index in [9.17, 15) is 9.90 Å². The highest BCUT2D eigenvalue weighted by Gasteiger charge is 2.17. The van der Waals surface area contributed by atoms with Gasteiger partial charge < -0.3 is 19.5 Å². The Morgan fingerprint density at radius 1 is 1.62 bits per heavy atom. The third-order valence-corrected chi connectivity index (χ3v) is 2.25. The molecule has 0 aliphatic carbocycles. The van der Waals surface area contributed by atoms with Crippen molar-refractivity contribution in [3.8, 4) is 0 Å². The van der Waals surface area contributed by atoms with Crippen molar-refractivity contribution < 1.29 is 19.7 Å².